The molecule has 6 nitrogen and oxygen atoms in total. The van der Waals surface area contributed by atoms with Crippen LogP contribution in [0.5, 0.6) is 0 Å². The summed E-state index contributed by atoms with van der Waals surface area (Å²) in [6.07, 6.45) is 1.14. The number of benzene rings is 1. The van der Waals surface area contributed by atoms with Crippen molar-refractivity contribution in [2.45, 2.75) is 0 Å². The maximum Gasteiger partial charge on any atom is 0.305 e. The van der Waals surface area contributed by atoms with Gasteiger partial charge in [-0.1, -0.05) is 0 Å². The third-order valence-corrected chi connectivity index (χ3v) is 2.19. The normalized spacial score (nSPS) is 10.4. The zero-order valence-corrected chi connectivity index (χ0v) is 8.18. The summed E-state index contributed by atoms with van der Waals surface area (Å²) in [4.78, 5) is 31.6. The second kappa shape index (κ2) is 3.78. The molecule has 2 rings (SSSR count). The molecule has 0 radical (unpaired) electrons. The number of rotatable bonds is 2. The van der Waals surface area contributed by atoms with Gasteiger partial charge in [-0.15, -0.1) is 0 Å². The molecule has 0 aliphatic heterocycles. The largest absolute Gasteiger partial charge is 0.463 e. The van der Waals surface area contributed by atoms with E-state index in [-0.39, 0.29) is 22.8 Å². The fraction of sp³-hybridized carbons (Fsp3) is 0. The van der Waals surface area contributed by atoms with Gasteiger partial charge in [0.25, 0.3) is 0 Å². The maximum absolute atomic E-state index is 13.2. The highest BCUT2D eigenvalue weighted by Crippen LogP contribution is 2.22. The first kappa shape index (κ1) is 10.9. The number of carbonyl (C=O) groups excluding carboxylic acids is 1. The average Bonchev–Trinajstić information content (AvgIpc) is 2.28. The number of fused-ring (bicyclic) bond motifs is 1. The van der Waals surface area contributed by atoms with Crippen LogP contribution in [0.1, 0.15) is 10.4 Å². The predicted molar refractivity (Wildman–Crippen MR) is 54.5 cm³/mol. The molecule has 1 aromatic carbocycles. The lowest BCUT2D eigenvalue weighted by Crippen LogP contribution is -2.08. The fourth-order valence-electron chi connectivity index (χ4n) is 1.38. The molecular weight excluding hydrogens is 233 g/mol. The summed E-state index contributed by atoms with van der Waals surface area (Å²) in [5.74, 6) is -1.11. The molecule has 0 bridgehead atoms. The molecule has 0 N–H and O–H groups in total. The average molecular weight is 237 g/mol. The van der Waals surface area contributed by atoms with Crippen LogP contribution in [0, 0.1) is 15.9 Å². The van der Waals surface area contributed by atoms with Crippen LogP contribution < -0.4 is 5.43 Å². The van der Waals surface area contributed by atoms with Gasteiger partial charge in [-0.3, -0.25) is 19.7 Å². The van der Waals surface area contributed by atoms with Crippen molar-refractivity contribution in [3.63, 3.8) is 0 Å². The molecule has 0 amide bonds. The van der Waals surface area contributed by atoms with Gasteiger partial charge in [0, 0.05) is 12.1 Å². The maximum atomic E-state index is 13.2. The highest BCUT2D eigenvalue weighted by atomic mass is 19.1. The Hall–Kier alpha value is -2.57. The molecule has 0 saturated carbocycles. The first-order valence-electron chi connectivity index (χ1n) is 4.39. The fourth-order valence-corrected chi connectivity index (χ4v) is 1.38. The molecule has 0 saturated heterocycles. The van der Waals surface area contributed by atoms with Gasteiger partial charge in [-0.05, 0) is 0 Å². The van der Waals surface area contributed by atoms with Gasteiger partial charge < -0.3 is 4.42 Å². The Morgan fingerprint density at radius 1 is 1.41 bits per heavy atom. The molecule has 0 aliphatic rings. The number of hydrogen-bond acceptors (Lipinski definition) is 5. The Labute approximate surface area is 92.4 Å². The monoisotopic (exact) mass is 237 g/mol. The number of nitro groups is 1. The van der Waals surface area contributed by atoms with Gasteiger partial charge in [0.2, 0.25) is 11.2 Å². The van der Waals surface area contributed by atoms with Crippen molar-refractivity contribution in [1.82, 2.24) is 0 Å². The molecule has 2 aromatic rings. The van der Waals surface area contributed by atoms with Crippen LogP contribution >= 0.6 is 0 Å². The van der Waals surface area contributed by atoms with Crippen molar-refractivity contribution in [3.8, 4) is 0 Å². The van der Waals surface area contributed by atoms with Crippen molar-refractivity contribution in [2.75, 3.05) is 0 Å². The van der Waals surface area contributed by atoms with Crippen LogP contribution in [0.4, 0.5) is 10.1 Å². The van der Waals surface area contributed by atoms with Crippen LogP contribution in [0.25, 0.3) is 11.0 Å². The van der Waals surface area contributed by atoms with E-state index in [1.54, 1.807) is 0 Å². The van der Waals surface area contributed by atoms with Crippen LogP contribution in [0.2, 0.25) is 0 Å². The summed E-state index contributed by atoms with van der Waals surface area (Å²) in [6, 6.07) is 1.49. The Morgan fingerprint density at radius 2 is 2.12 bits per heavy atom. The summed E-state index contributed by atoms with van der Waals surface area (Å²) in [7, 11) is 0. The number of aldehydes is 1. The molecule has 86 valence electrons. The van der Waals surface area contributed by atoms with E-state index in [4.69, 9.17) is 4.42 Å². The summed E-state index contributed by atoms with van der Waals surface area (Å²) in [5.41, 5.74) is -2.00. The summed E-state index contributed by atoms with van der Waals surface area (Å²) in [6.45, 7) is 0. The summed E-state index contributed by atoms with van der Waals surface area (Å²) >= 11 is 0. The van der Waals surface area contributed by atoms with Gasteiger partial charge in [0.1, 0.15) is 11.8 Å². The van der Waals surface area contributed by atoms with Gasteiger partial charge in [-0.25, -0.2) is 0 Å². The van der Waals surface area contributed by atoms with Gasteiger partial charge >= 0.3 is 5.69 Å². The van der Waals surface area contributed by atoms with Crippen LogP contribution in [-0.4, -0.2) is 11.2 Å². The van der Waals surface area contributed by atoms with Crippen molar-refractivity contribution in [1.29, 1.82) is 0 Å². The van der Waals surface area contributed by atoms with Crippen molar-refractivity contribution in [3.05, 3.63) is 50.1 Å². The Bertz CT molecular complexity index is 691. The highest BCUT2D eigenvalue weighted by Gasteiger charge is 2.18. The molecular formula is C10H4FNO5. The number of halogens is 1. The topological polar surface area (TPSA) is 90.4 Å². The minimum absolute atomic E-state index is 0.149. The Kier molecular flexibility index (Phi) is 2.43. The van der Waals surface area contributed by atoms with E-state index in [1.807, 2.05) is 0 Å². The van der Waals surface area contributed by atoms with E-state index in [0.29, 0.717) is 0 Å². The lowest BCUT2D eigenvalue weighted by molar-refractivity contribution is -0.387. The molecule has 1 heterocycles. The van der Waals surface area contributed by atoms with Crippen molar-refractivity contribution < 1.29 is 18.5 Å². The molecule has 1 aromatic heterocycles. The first-order chi connectivity index (χ1) is 8.04. The number of carbonyl (C=O) groups is 1. The Morgan fingerprint density at radius 3 is 2.71 bits per heavy atom. The lowest BCUT2D eigenvalue weighted by Gasteiger charge is -1.98. The summed E-state index contributed by atoms with van der Waals surface area (Å²) < 4.78 is 18.0. The zero-order chi connectivity index (χ0) is 12.6. The SMILES string of the molecule is O=Cc1coc2cc(F)c([N+](=O)[O-])cc2c1=O. The molecule has 0 aliphatic carbocycles. The van der Waals surface area contributed by atoms with E-state index < -0.39 is 21.9 Å². The molecule has 17 heavy (non-hydrogen) atoms. The number of hydrogen-bond donors (Lipinski definition) is 0. The second-order valence-electron chi connectivity index (χ2n) is 3.19. The zero-order valence-electron chi connectivity index (χ0n) is 8.18. The number of nitrogens with zero attached hydrogens (tertiary/aromatic N) is 1. The van der Waals surface area contributed by atoms with Crippen molar-refractivity contribution >= 4 is 22.9 Å². The third kappa shape index (κ3) is 1.67. The van der Waals surface area contributed by atoms with E-state index >= 15 is 0 Å². The summed E-state index contributed by atoms with van der Waals surface area (Å²) in [5, 5.41) is 10.3. The van der Waals surface area contributed by atoms with Crippen molar-refractivity contribution in [2.24, 2.45) is 0 Å². The molecule has 0 unspecified atom stereocenters. The van der Waals surface area contributed by atoms with E-state index in [2.05, 4.69) is 0 Å². The van der Waals surface area contributed by atoms with Crippen LogP contribution in [0.3, 0.4) is 0 Å². The van der Waals surface area contributed by atoms with Gasteiger partial charge in [-0.2, -0.15) is 4.39 Å². The van der Waals surface area contributed by atoms with Crippen LogP contribution in [-0.2, 0) is 0 Å². The third-order valence-electron chi connectivity index (χ3n) is 2.19. The van der Waals surface area contributed by atoms with Crippen LogP contribution in [0.15, 0.2) is 27.6 Å². The lowest BCUT2D eigenvalue weighted by atomic mass is 10.1. The van der Waals surface area contributed by atoms with Gasteiger partial charge in [0.05, 0.1) is 15.9 Å². The molecule has 0 spiro atoms. The second-order valence-corrected chi connectivity index (χ2v) is 3.19. The minimum Gasteiger partial charge on any atom is -0.463 e. The molecule has 0 atom stereocenters. The minimum atomic E-state index is -1.11. The van der Waals surface area contributed by atoms with E-state index in [1.165, 1.54) is 0 Å². The molecule has 0 fully saturated rings. The Balaban J connectivity index is 2.91. The predicted octanol–water partition coefficient (Wildman–Crippen LogP) is 1.65. The van der Waals surface area contributed by atoms with E-state index in [9.17, 15) is 24.1 Å². The standard InChI is InChI=1S/C10H4FNO5/c11-7-2-9-6(1-8(7)12(15)16)10(14)5(3-13)4-17-9/h1-4H. The molecule has 7 heteroatoms. The smallest absolute Gasteiger partial charge is 0.305 e. The number of nitro benzene ring substituents is 1. The highest BCUT2D eigenvalue weighted by molar-refractivity contribution is 5.85. The van der Waals surface area contributed by atoms with Gasteiger partial charge in [0.15, 0.2) is 6.29 Å². The first-order valence-corrected chi connectivity index (χ1v) is 4.39. The quantitative estimate of drug-likeness (QED) is 0.450. The van der Waals surface area contributed by atoms with E-state index in [0.717, 1.165) is 18.4 Å².